The van der Waals surface area contributed by atoms with Gasteiger partial charge in [0.25, 0.3) is 0 Å². The van der Waals surface area contributed by atoms with Gasteiger partial charge in [-0.3, -0.25) is 4.79 Å². The van der Waals surface area contributed by atoms with E-state index in [1.807, 2.05) is 0 Å². The molecule has 2 nitrogen and oxygen atoms in total. The van der Waals surface area contributed by atoms with Gasteiger partial charge in [-0.25, -0.2) is 8.78 Å². The highest BCUT2D eigenvalue weighted by atomic mass is 19.2. The SMILES string of the molecule is O=CC1OC(F)=C(F)C(F)=C1F. The highest BCUT2D eigenvalue weighted by Gasteiger charge is 2.32. The summed E-state index contributed by atoms with van der Waals surface area (Å²) in [4.78, 5) is 9.89. The number of hydrogen-bond donors (Lipinski definition) is 0. The molecule has 0 N–H and O–H groups in total. The number of allylic oxidation sites excluding steroid dienone is 2. The lowest BCUT2D eigenvalue weighted by atomic mass is 10.2. The number of carbonyl (C=O) groups is 1. The van der Waals surface area contributed by atoms with E-state index in [0.29, 0.717) is 0 Å². The predicted molar refractivity (Wildman–Crippen MR) is 29.4 cm³/mol. The van der Waals surface area contributed by atoms with Crippen LogP contribution in [-0.4, -0.2) is 12.4 Å². The molecule has 0 saturated carbocycles. The Morgan fingerprint density at radius 2 is 1.75 bits per heavy atom. The smallest absolute Gasteiger partial charge is 0.313 e. The number of aldehydes is 1. The molecular formula is C6H2F4O2. The van der Waals surface area contributed by atoms with Crippen LogP contribution in [0.3, 0.4) is 0 Å². The van der Waals surface area contributed by atoms with Crippen molar-refractivity contribution < 1.29 is 27.1 Å². The van der Waals surface area contributed by atoms with Crippen molar-refractivity contribution >= 4 is 6.29 Å². The van der Waals surface area contributed by atoms with Gasteiger partial charge in [-0.15, -0.1) is 0 Å². The molecule has 0 aromatic rings. The summed E-state index contributed by atoms with van der Waals surface area (Å²) in [5, 5.41) is 0. The zero-order chi connectivity index (χ0) is 9.30. The third kappa shape index (κ3) is 1.19. The van der Waals surface area contributed by atoms with E-state index in [1.54, 1.807) is 0 Å². The van der Waals surface area contributed by atoms with Gasteiger partial charge in [-0.2, -0.15) is 8.78 Å². The van der Waals surface area contributed by atoms with Crippen LogP contribution in [0.2, 0.25) is 0 Å². The van der Waals surface area contributed by atoms with Crippen molar-refractivity contribution in [2.75, 3.05) is 0 Å². The first-order valence-corrected chi connectivity index (χ1v) is 2.80. The Kier molecular flexibility index (Phi) is 2.16. The standard InChI is InChI=1S/C6H2F4O2/c7-3-2(1-11)12-6(10)5(9)4(3)8/h1-2H. The van der Waals surface area contributed by atoms with E-state index in [2.05, 4.69) is 4.74 Å². The first-order chi connectivity index (χ1) is 5.57. The van der Waals surface area contributed by atoms with Crippen molar-refractivity contribution in [3.8, 4) is 0 Å². The minimum absolute atomic E-state index is 0.180. The minimum Gasteiger partial charge on any atom is -0.450 e. The van der Waals surface area contributed by atoms with Gasteiger partial charge in [0, 0.05) is 0 Å². The van der Waals surface area contributed by atoms with Crippen molar-refractivity contribution in [1.82, 2.24) is 0 Å². The highest BCUT2D eigenvalue weighted by molar-refractivity contribution is 5.62. The molecule has 6 heteroatoms. The molecule has 1 rings (SSSR count). The van der Waals surface area contributed by atoms with Crippen molar-refractivity contribution in [2.45, 2.75) is 6.10 Å². The first-order valence-electron chi connectivity index (χ1n) is 2.80. The topological polar surface area (TPSA) is 26.3 Å². The average molecular weight is 182 g/mol. The molecule has 0 spiro atoms. The van der Waals surface area contributed by atoms with E-state index in [9.17, 15) is 22.4 Å². The molecule has 0 fully saturated rings. The molecule has 0 saturated heterocycles. The molecule has 66 valence electrons. The fourth-order valence-corrected chi connectivity index (χ4v) is 0.618. The normalized spacial score (nSPS) is 24.2. The van der Waals surface area contributed by atoms with Crippen LogP contribution >= 0.6 is 0 Å². The average Bonchev–Trinajstić information content (AvgIpc) is 2.08. The third-order valence-corrected chi connectivity index (χ3v) is 1.18. The van der Waals surface area contributed by atoms with Gasteiger partial charge in [0.1, 0.15) is 0 Å². The monoisotopic (exact) mass is 182 g/mol. The lowest BCUT2D eigenvalue weighted by Gasteiger charge is -2.14. The second-order valence-corrected chi connectivity index (χ2v) is 1.92. The Morgan fingerprint density at radius 3 is 2.25 bits per heavy atom. The zero-order valence-corrected chi connectivity index (χ0v) is 5.48. The van der Waals surface area contributed by atoms with Gasteiger partial charge in [-0.05, 0) is 0 Å². The Morgan fingerprint density at radius 1 is 1.17 bits per heavy atom. The second-order valence-electron chi connectivity index (χ2n) is 1.92. The van der Waals surface area contributed by atoms with Crippen molar-refractivity contribution in [2.24, 2.45) is 0 Å². The van der Waals surface area contributed by atoms with E-state index in [0.717, 1.165) is 0 Å². The lowest BCUT2D eigenvalue weighted by molar-refractivity contribution is -0.116. The quantitative estimate of drug-likeness (QED) is 0.456. The molecular weight excluding hydrogens is 180 g/mol. The van der Waals surface area contributed by atoms with Gasteiger partial charge in [0.2, 0.25) is 17.8 Å². The molecule has 0 aromatic carbocycles. The summed E-state index contributed by atoms with van der Waals surface area (Å²) in [6, 6.07) is -1.92. The molecule has 0 radical (unpaired) electrons. The molecule has 0 aromatic heterocycles. The van der Waals surface area contributed by atoms with E-state index in [-0.39, 0.29) is 6.29 Å². The van der Waals surface area contributed by atoms with Gasteiger partial charge >= 0.3 is 6.01 Å². The largest absolute Gasteiger partial charge is 0.450 e. The fraction of sp³-hybridized carbons (Fsp3) is 0.167. The maximum Gasteiger partial charge on any atom is 0.313 e. The molecule has 0 amide bonds. The molecule has 1 heterocycles. The third-order valence-electron chi connectivity index (χ3n) is 1.18. The summed E-state index contributed by atoms with van der Waals surface area (Å²) in [5.41, 5.74) is 0. The number of halogens is 4. The minimum atomic E-state index is -2.06. The summed E-state index contributed by atoms with van der Waals surface area (Å²) < 4.78 is 52.6. The maximum absolute atomic E-state index is 12.4. The second kappa shape index (κ2) is 2.96. The molecule has 0 aliphatic carbocycles. The van der Waals surface area contributed by atoms with E-state index in [4.69, 9.17) is 0 Å². The van der Waals surface area contributed by atoms with Gasteiger partial charge in [-0.1, -0.05) is 0 Å². The predicted octanol–water partition coefficient (Wildman–Crippen LogP) is 1.84. The molecule has 1 unspecified atom stereocenters. The summed E-state index contributed by atoms with van der Waals surface area (Å²) in [6.07, 6.45) is -2.20. The Hall–Kier alpha value is -1.33. The summed E-state index contributed by atoms with van der Waals surface area (Å²) >= 11 is 0. The fourth-order valence-electron chi connectivity index (χ4n) is 0.618. The summed E-state index contributed by atoms with van der Waals surface area (Å²) in [6.45, 7) is 0. The van der Waals surface area contributed by atoms with Crippen LogP contribution in [0.4, 0.5) is 17.6 Å². The molecule has 1 atom stereocenters. The van der Waals surface area contributed by atoms with Crippen molar-refractivity contribution in [1.29, 1.82) is 0 Å². The van der Waals surface area contributed by atoms with Crippen molar-refractivity contribution in [3.63, 3.8) is 0 Å². The van der Waals surface area contributed by atoms with Crippen LogP contribution < -0.4 is 0 Å². The summed E-state index contributed by atoms with van der Waals surface area (Å²) in [5.74, 6) is -5.86. The van der Waals surface area contributed by atoms with Crippen LogP contribution in [0.15, 0.2) is 23.5 Å². The Bertz CT molecular complexity index is 281. The molecule has 1 aliphatic rings. The maximum atomic E-state index is 12.4. The lowest BCUT2D eigenvalue weighted by Crippen LogP contribution is -2.19. The van der Waals surface area contributed by atoms with Gasteiger partial charge in [0.05, 0.1) is 0 Å². The van der Waals surface area contributed by atoms with Crippen LogP contribution in [0.1, 0.15) is 0 Å². The number of ether oxygens (including phenoxy) is 1. The zero-order valence-electron chi connectivity index (χ0n) is 5.48. The summed E-state index contributed by atoms with van der Waals surface area (Å²) in [7, 11) is 0. The van der Waals surface area contributed by atoms with E-state index in [1.165, 1.54) is 0 Å². The van der Waals surface area contributed by atoms with Crippen molar-refractivity contribution in [3.05, 3.63) is 23.5 Å². The van der Waals surface area contributed by atoms with Gasteiger partial charge in [0.15, 0.2) is 12.1 Å². The number of rotatable bonds is 1. The number of hydrogen-bond acceptors (Lipinski definition) is 2. The Balaban J connectivity index is 3.09. The number of carbonyl (C=O) groups excluding carboxylic acids is 1. The molecule has 1 aliphatic heterocycles. The van der Waals surface area contributed by atoms with Crippen LogP contribution in [-0.2, 0) is 9.53 Å². The molecule has 12 heavy (non-hydrogen) atoms. The van der Waals surface area contributed by atoms with Crippen LogP contribution in [0.5, 0.6) is 0 Å². The van der Waals surface area contributed by atoms with Crippen LogP contribution in [0, 0.1) is 0 Å². The van der Waals surface area contributed by atoms with Crippen LogP contribution in [0.25, 0.3) is 0 Å². The van der Waals surface area contributed by atoms with Gasteiger partial charge < -0.3 is 4.74 Å². The van der Waals surface area contributed by atoms with E-state index >= 15 is 0 Å². The highest BCUT2D eigenvalue weighted by Crippen LogP contribution is 2.31. The first kappa shape index (κ1) is 8.76. The Labute approximate surface area is 64.1 Å². The van der Waals surface area contributed by atoms with E-state index < -0.39 is 29.6 Å². The molecule has 0 bridgehead atoms.